The summed E-state index contributed by atoms with van der Waals surface area (Å²) in [7, 11) is 0. The van der Waals surface area contributed by atoms with Crippen LogP contribution in [0.2, 0.25) is 0 Å². The predicted octanol–water partition coefficient (Wildman–Crippen LogP) is 2.69. The molecule has 1 aliphatic carbocycles. The van der Waals surface area contributed by atoms with Crippen LogP contribution in [0.15, 0.2) is 36.4 Å². The quantitative estimate of drug-likeness (QED) is 0.718. The minimum Gasteiger partial charge on any atom is -0.392 e. The van der Waals surface area contributed by atoms with Crippen LogP contribution in [-0.4, -0.2) is 11.7 Å². The van der Waals surface area contributed by atoms with E-state index in [0.29, 0.717) is 0 Å². The van der Waals surface area contributed by atoms with Crippen molar-refractivity contribution < 1.29 is 5.11 Å². The molecule has 3 rings (SSSR count). The molecule has 0 saturated carbocycles. The Morgan fingerprint density at radius 1 is 1.00 bits per heavy atom. The van der Waals surface area contributed by atoms with Gasteiger partial charge in [-0.2, -0.15) is 0 Å². The van der Waals surface area contributed by atoms with E-state index in [1.165, 1.54) is 21.9 Å². The van der Waals surface area contributed by atoms with Crippen LogP contribution in [0, 0.1) is 0 Å². The average Bonchev–Trinajstić information content (AvgIpc) is 2.60. The molecule has 0 saturated heterocycles. The molecule has 0 bridgehead atoms. The van der Waals surface area contributed by atoms with Gasteiger partial charge in [-0.15, -0.1) is 0 Å². The van der Waals surface area contributed by atoms with Crippen molar-refractivity contribution in [2.45, 2.75) is 0 Å². The van der Waals surface area contributed by atoms with Crippen LogP contribution in [0.4, 0.5) is 0 Å². The third-order valence-corrected chi connectivity index (χ3v) is 2.78. The summed E-state index contributed by atoms with van der Waals surface area (Å²) in [4.78, 5) is 0. The summed E-state index contributed by atoms with van der Waals surface area (Å²) in [5.74, 6) is 0. The monoisotopic (exact) mass is 182 g/mol. The lowest BCUT2D eigenvalue weighted by atomic mass is 10.0. The van der Waals surface area contributed by atoms with Gasteiger partial charge in [0.25, 0.3) is 0 Å². The van der Waals surface area contributed by atoms with E-state index < -0.39 is 0 Å². The van der Waals surface area contributed by atoms with Crippen molar-refractivity contribution in [3.63, 3.8) is 0 Å². The minimum absolute atomic E-state index is 0.119. The van der Waals surface area contributed by atoms with Gasteiger partial charge >= 0.3 is 0 Å². The van der Waals surface area contributed by atoms with Crippen molar-refractivity contribution in [1.29, 1.82) is 0 Å². The maximum Gasteiger partial charge on any atom is 0.0688 e. The highest BCUT2D eigenvalue weighted by molar-refractivity contribution is 6.09. The molecule has 14 heavy (non-hydrogen) atoms. The predicted molar refractivity (Wildman–Crippen MR) is 58.9 cm³/mol. The summed E-state index contributed by atoms with van der Waals surface area (Å²) in [6, 6.07) is 12.5. The minimum atomic E-state index is 0.119. The van der Waals surface area contributed by atoms with Crippen LogP contribution >= 0.6 is 0 Å². The fourth-order valence-corrected chi connectivity index (χ4v) is 2.15. The Balaban J connectivity index is 2.46. The normalized spacial score (nSPS) is 13.4. The lowest BCUT2D eigenvalue weighted by Crippen LogP contribution is -1.86. The van der Waals surface area contributed by atoms with E-state index in [0.717, 1.165) is 5.57 Å². The summed E-state index contributed by atoms with van der Waals surface area (Å²) >= 11 is 0. The van der Waals surface area contributed by atoms with Crippen molar-refractivity contribution >= 4 is 22.4 Å². The molecule has 1 nitrogen and oxygen atoms in total. The second-order valence-electron chi connectivity index (χ2n) is 3.58. The molecule has 1 N–H and O–H groups in total. The van der Waals surface area contributed by atoms with Crippen LogP contribution in [0.3, 0.4) is 0 Å². The van der Waals surface area contributed by atoms with Crippen molar-refractivity contribution in [3.05, 3.63) is 47.5 Å². The van der Waals surface area contributed by atoms with E-state index in [-0.39, 0.29) is 6.61 Å². The second kappa shape index (κ2) is 2.69. The van der Waals surface area contributed by atoms with Crippen LogP contribution in [0.5, 0.6) is 0 Å². The van der Waals surface area contributed by atoms with Crippen molar-refractivity contribution in [2.75, 3.05) is 6.61 Å². The van der Waals surface area contributed by atoms with Gasteiger partial charge in [0.15, 0.2) is 0 Å². The van der Waals surface area contributed by atoms with Gasteiger partial charge in [0.1, 0.15) is 0 Å². The topological polar surface area (TPSA) is 20.2 Å². The Kier molecular flexibility index (Phi) is 1.49. The van der Waals surface area contributed by atoms with E-state index >= 15 is 0 Å². The summed E-state index contributed by atoms with van der Waals surface area (Å²) in [5.41, 5.74) is 3.43. The zero-order chi connectivity index (χ0) is 9.54. The molecule has 0 radical (unpaired) electrons. The highest BCUT2D eigenvalue weighted by Crippen LogP contribution is 2.35. The van der Waals surface area contributed by atoms with Gasteiger partial charge in [0, 0.05) is 0 Å². The number of rotatable bonds is 1. The number of aliphatic hydroxyl groups is 1. The summed E-state index contributed by atoms with van der Waals surface area (Å²) in [5, 5.41) is 11.7. The molecule has 0 fully saturated rings. The van der Waals surface area contributed by atoms with Crippen LogP contribution in [0.25, 0.3) is 22.4 Å². The van der Waals surface area contributed by atoms with Crippen LogP contribution in [-0.2, 0) is 0 Å². The third-order valence-electron chi connectivity index (χ3n) is 2.78. The molecule has 2 aromatic rings. The van der Waals surface area contributed by atoms with Crippen molar-refractivity contribution in [1.82, 2.24) is 0 Å². The van der Waals surface area contributed by atoms with Gasteiger partial charge in [-0.05, 0) is 33.5 Å². The average molecular weight is 182 g/mol. The summed E-state index contributed by atoms with van der Waals surface area (Å²) < 4.78 is 0. The molecule has 1 aliphatic rings. The van der Waals surface area contributed by atoms with Crippen LogP contribution < -0.4 is 0 Å². The number of hydrogen-bond donors (Lipinski definition) is 1. The van der Waals surface area contributed by atoms with E-state index in [4.69, 9.17) is 0 Å². The molecule has 0 amide bonds. The van der Waals surface area contributed by atoms with Crippen molar-refractivity contribution in [3.8, 4) is 0 Å². The third kappa shape index (κ3) is 0.875. The highest BCUT2D eigenvalue weighted by atomic mass is 16.3. The molecule has 0 aliphatic heterocycles. The standard InChI is InChI=1S/C13H10O/c14-8-11-7-10-5-1-3-9-4-2-6-12(11)13(9)10/h1-7,14H,8H2. The number of aliphatic hydroxyl groups excluding tert-OH is 1. The molecule has 2 aromatic carbocycles. The maximum absolute atomic E-state index is 9.22. The first-order valence-electron chi connectivity index (χ1n) is 4.74. The lowest BCUT2D eigenvalue weighted by molar-refractivity contribution is 0.351. The lowest BCUT2D eigenvalue weighted by Gasteiger charge is -2.02. The molecular weight excluding hydrogens is 172 g/mol. The molecular formula is C13H10O. The number of benzene rings is 2. The second-order valence-corrected chi connectivity index (χ2v) is 3.58. The maximum atomic E-state index is 9.22. The SMILES string of the molecule is OCC1=Cc2cccc3cccc1c23. The molecule has 0 spiro atoms. The highest BCUT2D eigenvalue weighted by Gasteiger charge is 2.14. The first-order chi connectivity index (χ1) is 6.90. The molecule has 0 atom stereocenters. The smallest absolute Gasteiger partial charge is 0.0688 e. The Morgan fingerprint density at radius 2 is 1.79 bits per heavy atom. The van der Waals surface area contributed by atoms with Crippen molar-refractivity contribution in [2.24, 2.45) is 0 Å². The van der Waals surface area contributed by atoms with E-state index in [9.17, 15) is 5.11 Å². The zero-order valence-electron chi connectivity index (χ0n) is 7.70. The first kappa shape index (κ1) is 7.77. The fourth-order valence-electron chi connectivity index (χ4n) is 2.15. The van der Waals surface area contributed by atoms with E-state index in [2.05, 4.69) is 36.4 Å². The molecule has 0 unspecified atom stereocenters. The molecule has 68 valence electrons. The van der Waals surface area contributed by atoms with Gasteiger partial charge < -0.3 is 5.11 Å². The van der Waals surface area contributed by atoms with Gasteiger partial charge in [-0.25, -0.2) is 0 Å². The molecule has 0 heterocycles. The number of hydrogen-bond acceptors (Lipinski definition) is 1. The Morgan fingerprint density at radius 3 is 2.57 bits per heavy atom. The van der Waals surface area contributed by atoms with Gasteiger partial charge in [0.05, 0.1) is 6.61 Å². The van der Waals surface area contributed by atoms with Gasteiger partial charge in [-0.3, -0.25) is 0 Å². The summed E-state index contributed by atoms with van der Waals surface area (Å²) in [6.07, 6.45) is 2.07. The summed E-state index contributed by atoms with van der Waals surface area (Å²) in [6.45, 7) is 0.119. The molecule has 1 heteroatoms. The van der Waals surface area contributed by atoms with Gasteiger partial charge in [0.2, 0.25) is 0 Å². The zero-order valence-corrected chi connectivity index (χ0v) is 7.70. The van der Waals surface area contributed by atoms with E-state index in [1.807, 2.05) is 6.07 Å². The first-order valence-corrected chi connectivity index (χ1v) is 4.74. The molecule has 0 aromatic heterocycles. The van der Waals surface area contributed by atoms with Crippen LogP contribution in [0.1, 0.15) is 11.1 Å². The Hall–Kier alpha value is -1.60. The van der Waals surface area contributed by atoms with E-state index in [1.54, 1.807) is 0 Å². The Labute approximate surface area is 82.3 Å². The largest absolute Gasteiger partial charge is 0.392 e. The Bertz CT molecular complexity index is 533. The fraction of sp³-hybridized carbons (Fsp3) is 0.0769. The van der Waals surface area contributed by atoms with Gasteiger partial charge in [-0.1, -0.05) is 36.4 Å².